The van der Waals surface area contributed by atoms with E-state index in [2.05, 4.69) is 37.2 Å². The minimum Gasteiger partial charge on any atom is -0.480 e. The zero-order valence-electron chi connectivity index (χ0n) is 34.6. The number of rotatable bonds is 27. The summed E-state index contributed by atoms with van der Waals surface area (Å²) in [6, 6.07) is -6.80. The van der Waals surface area contributed by atoms with Crippen molar-refractivity contribution in [2.24, 2.45) is 23.3 Å². The van der Waals surface area contributed by atoms with Crippen LogP contribution >= 0.6 is 0 Å². The minimum atomic E-state index is -1.24. The number of aliphatic hydroxyl groups is 1. The van der Waals surface area contributed by atoms with Crippen LogP contribution in [0.5, 0.6) is 0 Å². The molecule has 0 aromatic carbocycles. The van der Waals surface area contributed by atoms with Gasteiger partial charge in [-0.1, -0.05) is 27.7 Å². The van der Waals surface area contributed by atoms with Gasteiger partial charge in [-0.3, -0.25) is 43.2 Å². The van der Waals surface area contributed by atoms with Gasteiger partial charge in [-0.2, -0.15) is 0 Å². The van der Waals surface area contributed by atoms with E-state index >= 15 is 0 Å². The molecule has 1 rings (SSSR count). The Bertz CT molecular complexity index is 1490. The predicted octanol–water partition coefficient (Wildman–Crippen LogP) is -3.78. The van der Waals surface area contributed by atoms with E-state index < -0.39 is 115 Å². The highest BCUT2D eigenvalue weighted by molar-refractivity contribution is 5.96. The average molecular weight is 841 g/mol. The van der Waals surface area contributed by atoms with E-state index in [9.17, 15) is 53.1 Å². The van der Waals surface area contributed by atoms with E-state index in [1.807, 2.05) is 0 Å². The zero-order valence-corrected chi connectivity index (χ0v) is 34.6. The zero-order chi connectivity index (χ0) is 44.8. The summed E-state index contributed by atoms with van der Waals surface area (Å²) in [5.41, 5.74) is 10.5. The smallest absolute Gasteiger partial charge is 0.326 e. The third kappa shape index (κ3) is 19.8. The molecule has 13 N–H and O–H groups in total. The molecule has 6 atom stereocenters. The first-order chi connectivity index (χ1) is 27.7. The summed E-state index contributed by atoms with van der Waals surface area (Å²) < 4.78 is 0. The van der Waals surface area contributed by atoms with E-state index in [0.717, 1.165) is 0 Å². The molecule has 0 aromatic rings. The number of primary amides is 1. The maximum Gasteiger partial charge on any atom is 0.326 e. The fraction of sp³-hybridized carbons (Fsp3) is 0.730. The van der Waals surface area contributed by atoms with E-state index in [-0.39, 0.29) is 57.1 Å². The first-order valence-electron chi connectivity index (χ1n) is 19.9. The highest BCUT2D eigenvalue weighted by Crippen LogP contribution is 2.18. The summed E-state index contributed by atoms with van der Waals surface area (Å²) in [7, 11) is 0. The van der Waals surface area contributed by atoms with Crippen molar-refractivity contribution in [3.8, 4) is 0 Å². The number of hydrogen-bond donors (Lipinski definition) is 11. The first kappa shape index (κ1) is 51.6. The number of aliphatic carboxylic acids is 1. The van der Waals surface area contributed by atoms with Crippen molar-refractivity contribution in [3.05, 3.63) is 0 Å². The van der Waals surface area contributed by atoms with Gasteiger partial charge in [0.05, 0.1) is 19.6 Å². The van der Waals surface area contributed by atoms with Crippen molar-refractivity contribution in [1.29, 1.82) is 0 Å². The van der Waals surface area contributed by atoms with Crippen LogP contribution in [0.2, 0.25) is 0 Å². The van der Waals surface area contributed by atoms with Crippen LogP contribution in [-0.4, -0.2) is 143 Å². The van der Waals surface area contributed by atoms with Crippen LogP contribution in [0.15, 0.2) is 0 Å². The van der Waals surface area contributed by atoms with Crippen molar-refractivity contribution >= 4 is 59.1 Å². The summed E-state index contributed by atoms with van der Waals surface area (Å²) in [4.78, 5) is 127. The van der Waals surface area contributed by atoms with Gasteiger partial charge in [-0.25, -0.2) is 4.79 Å². The number of nitrogens with two attached hydrogens (primary N) is 2. The van der Waals surface area contributed by atoms with Gasteiger partial charge >= 0.3 is 5.97 Å². The number of hydrogen-bond acceptors (Lipinski definition) is 12. The molecule has 1 heterocycles. The molecule has 0 unspecified atom stereocenters. The van der Waals surface area contributed by atoms with Crippen LogP contribution in [0, 0.1) is 11.8 Å². The summed E-state index contributed by atoms with van der Waals surface area (Å²) in [5, 5.41) is 35.8. The van der Waals surface area contributed by atoms with Crippen LogP contribution in [0.25, 0.3) is 0 Å². The molecule has 1 aliphatic heterocycles. The van der Waals surface area contributed by atoms with Gasteiger partial charge in [0, 0.05) is 19.6 Å². The largest absolute Gasteiger partial charge is 0.480 e. The molecule has 1 fully saturated rings. The number of unbranched alkanes of at least 4 members (excludes halogenated alkanes) is 1. The highest BCUT2D eigenvalue weighted by Gasteiger charge is 2.36. The Morgan fingerprint density at radius 2 is 1.25 bits per heavy atom. The highest BCUT2D eigenvalue weighted by atomic mass is 16.4. The second-order valence-corrected chi connectivity index (χ2v) is 15.3. The number of carboxylic acids is 1. The number of carboxylic acid groups (broad SMARTS) is 1. The fourth-order valence-corrected chi connectivity index (χ4v) is 6.14. The summed E-state index contributed by atoms with van der Waals surface area (Å²) in [6.07, 6.45) is 1.52. The first-order valence-corrected chi connectivity index (χ1v) is 19.9. The lowest BCUT2D eigenvalue weighted by Gasteiger charge is -2.26. The van der Waals surface area contributed by atoms with Crippen molar-refractivity contribution in [3.63, 3.8) is 0 Å². The van der Waals surface area contributed by atoms with E-state index in [0.29, 0.717) is 25.7 Å². The van der Waals surface area contributed by atoms with Gasteiger partial charge < -0.3 is 63.8 Å². The van der Waals surface area contributed by atoms with Crippen LogP contribution < -0.4 is 48.7 Å². The molecule has 334 valence electrons. The standard InChI is InChI=1S/C37H64N10O12/c1-20(2)15-25(46-34(55)23(11-12-28(39)49)43-29(50)17-38)33(54)40-18-30(51)44-26(16-21(3)4)35(56)42-22(5)32(53)41-19-31(52)47-13-8-10-27(47)36(57)45-24(37(58)59)9-6-7-14-48/h20-27,48H,6-19,38H2,1-5H3,(H2,39,49)(H,40,54)(H,41,53)(H,42,56)(H,43,50)(H,44,51)(H,45,57)(H,46,55)(H,58,59)/t22-,23-,24-,25-,26-,27-/m0/s1. The number of amides is 9. The quantitative estimate of drug-likeness (QED) is 0.0354. The summed E-state index contributed by atoms with van der Waals surface area (Å²) >= 11 is 0. The molecule has 59 heavy (non-hydrogen) atoms. The number of likely N-dealkylation sites (tertiary alicyclic amines) is 1. The third-order valence-electron chi connectivity index (χ3n) is 9.20. The lowest BCUT2D eigenvalue weighted by Crippen LogP contribution is -2.57. The monoisotopic (exact) mass is 840 g/mol. The Morgan fingerprint density at radius 3 is 1.81 bits per heavy atom. The second-order valence-electron chi connectivity index (χ2n) is 15.3. The second kappa shape index (κ2) is 26.6. The van der Waals surface area contributed by atoms with Crippen LogP contribution in [-0.2, 0) is 47.9 Å². The maximum atomic E-state index is 13.3. The number of nitrogens with zero attached hydrogens (tertiary/aromatic N) is 1. The van der Waals surface area contributed by atoms with Crippen LogP contribution in [0.4, 0.5) is 0 Å². The fourth-order valence-electron chi connectivity index (χ4n) is 6.14. The molecule has 22 nitrogen and oxygen atoms in total. The van der Waals surface area contributed by atoms with E-state index in [4.69, 9.17) is 16.6 Å². The minimum absolute atomic E-state index is 0.101. The van der Waals surface area contributed by atoms with Gasteiger partial charge in [0.15, 0.2) is 0 Å². The van der Waals surface area contributed by atoms with Crippen LogP contribution in [0.1, 0.15) is 92.4 Å². The normalized spacial score (nSPS) is 16.2. The molecule has 1 aliphatic rings. The number of aliphatic hydroxyl groups excluding tert-OH is 1. The molecule has 9 amide bonds. The SMILES string of the molecule is CC(C)C[C@H](NC(=O)CNC(=O)[C@H](CC(C)C)NC(=O)[C@H](CCC(N)=O)NC(=O)CN)C(=O)N[C@@H](C)C(=O)NCC(=O)N1CCC[C@H]1C(=O)N[C@@H](CCCCO)C(=O)O. The number of carbonyl (C=O) groups is 10. The lowest BCUT2D eigenvalue weighted by molar-refractivity contribution is -0.144. The number of carbonyl (C=O) groups excluding carboxylic acids is 9. The maximum absolute atomic E-state index is 13.3. The van der Waals surface area contributed by atoms with Crippen molar-refractivity contribution in [1.82, 2.24) is 42.1 Å². The number of nitrogens with one attached hydrogen (secondary N) is 7. The molecule has 1 saturated heterocycles. The summed E-state index contributed by atoms with van der Waals surface area (Å²) in [5.74, 6) is -7.77. The van der Waals surface area contributed by atoms with Crippen LogP contribution in [0.3, 0.4) is 0 Å². The average Bonchev–Trinajstić information content (AvgIpc) is 3.66. The van der Waals surface area contributed by atoms with Gasteiger partial charge in [0.1, 0.15) is 36.3 Å². The Hall–Kier alpha value is -5.38. The summed E-state index contributed by atoms with van der Waals surface area (Å²) in [6.45, 7) is 7.11. The Morgan fingerprint density at radius 1 is 0.678 bits per heavy atom. The topological polar surface area (TPSA) is 351 Å². The Kier molecular flexibility index (Phi) is 23.3. The molecule has 22 heteroatoms. The molecular weight excluding hydrogens is 776 g/mol. The van der Waals surface area contributed by atoms with Gasteiger partial charge in [0.2, 0.25) is 53.2 Å². The Labute approximate surface area is 343 Å². The third-order valence-corrected chi connectivity index (χ3v) is 9.20. The molecule has 0 aromatic heterocycles. The Balaban J connectivity index is 2.83. The molecule has 0 bridgehead atoms. The molecule has 0 spiro atoms. The van der Waals surface area contributed by atoms with Crippen molar-refractivity contribution in [2.75, 3.05) is 32.8 Å². The predicted molar refractivity (Wildman–Crippen MR) is 211 cm³/mol. The molecule has 0 aliphatic carbocycles. The van der Waals surface area contributed by atoms with Gasteiger partial charge in [-0.05, 0) is 70.1 Å². The van der Waals surface area contributed by atoms with Gasteiger partial charge in [0.25, 0.3) is 0 Å². The van der Waals surface area contributed by atoms with E-state index in [1.165, 1.54) is 11.8 Å². The van der Waals surface area contributed by atoms with Crippen molar-refractivity contribution in [2.45, 2.75) is 129 Å². The van der Waals surface area contributed by atoms with E-state index in [1.54, 1.807) is 27.7 Å². The lowest BCUT2D eigenvalue weighted by atomic mass is 10.0. The van der Waals surface area contributed by atoms with Crippen molar-refractivity contribution < 1.29 is 58.2 Å². The molecule has 0 saturated carbocycles. The van der Waals surface area contributed by atoms with Gasteiger partial charge in [-0.15, -0.1) is 0 Å². The molecule has 0 radical (unpaired) electrons. The molecular formula is C37H64N10O12.